The average molecular weight is 183 g/mol. The summed E-state index contributed by atoms with van der Waals surface area (Å²) in [5.41, 5.74) is -0.162. The molecule has 2 aliphatic rings. The van der Waals surface area contributed by atoms with Crippen molar-refractivity contribution in [2.24, 2.45) is 0 Å². The summed E-state index contributed by atoms with van der Waals surface area (Å²) in [6, 6.07) is 0.795. The summed E-state index contributed by atoms with van der Waals surface area (Å²) in [4.78, 5) is 13.0. The van der Waals surface area contributed by atoms with Gasteiger partial charge in [0.2, 0.25) is 0 Å². The fourth-order valence-corrected chi connectivity index (χ4v) is 2.20. The van der Waals surface area contributed by atoms with Gasteiger partial charge in [-0.05, 0) is 19.3 Å². The maximum absolute atomic E-state index is 10.5. The third-order valence-corrected chi connectivity index (χ3v) is 3.30. The largest absolute Gasteiger partial charge is 0.376 e. The number of carbonyl (C=O) groups is 1. The maximum Gasteiger partial charge on any atom is 0.122 e. The van der Waals surface area contributed by atoms with E-state index in [1.807, 2.05) is 0 Å². The lowest BCUT2D eigenvalue weighted by atomic mass is 10.00. The molecule has 2 rings (SSSR count). The van der Waals surface area contributed by atoms with Gasteiger partial charge in [0.1, 0.15) is 6.29 Å². The third-order valence-electron chi connectivity index (χ3n) is 3.30. The highest BCUT2D eigenvalue weighted by atomic mass is 16.5. The number of aldehydes is 1. The Hall–Kier alpha value is -0.410. The molecular weight excluding hydrogens is 166 g/mol. The molecule has 13 heavy (non-hydrogen) atoms. The Bertz CT molecular complexity index is 203. The van der Waals surface area contributed by atoms with Crippen molar-refractivity contribution >= 4 is 6.29 Å². The number of hydrogen-bond acceptors (Lipinski definition) is 3. The van der Waals surface area contributed by atoms with E-state index < -0.39 is 0 Å². The van der Waals surface area contributed by atoms with Crippen LogP contribution in [0.2, 0.25) is 0 Å². The molecule has 3 heteroatoms. The lowest BCUT2D eigenvalue weighted by Crippen LogP contribution is -2.36. The molecule has 1 heterocycles. The van der Waals surface area contributed by atoms with Crippen LogP contribution >= 0.6 is 0 Å². The minimum atomic E-state index is -0.162. The lowest BCUT2D eigenvalue weighted by Gasteiger charge is -2.25. The highest BCUT2D eigenvalue weighted by Crippen LogP contribution is 2.35. The lowest BCUT2D eigenvalue weighted by molar-refractivity contribution is -0.113. The number of rotatable bonds is 4. The Morgan fingerprint density at radius 2 is 2.38 bits per heavy atom. The molecule has 0 N–H and O–H groups in total. The molecule has 0 radical (unpaired) electrons. The van der Waals surface area contributed by atoms with Crippen molar-refractivity contribution in [3.8, 4) is 0 Å². The normalized spacial score (nSPS) is 35.2. The topological polar surface area (TPSA) is 29.5 Å². The smallest absolute Gasteiger partial charge is 0.122 e. The Morgan fingerprint density at radius 3 is 2.92 bits per heavy atom. The van der Waals surface area contributed by atoms with Crippen molar-refractivity contribution in [3.05, 3.63) is 0 Å². The molecule has 0 amide bonds. The maximum atomic E-state index is 10.5. The van der Waals surface area contributed by atoms with Crippen molar-refractivity contribution < 1.29 is 9.53 Å². The molecule has 1 aliphatic heterocycles. The fourth-order valence-electron chi connectivity index (χ4n) is 2.20. The molecule has 1 saturated heterocycles. The van der Waals surface area contributed by atoms with E-state index >= 15 is 0 Å². The van der Waals surface area contributed by atoms with E-state index in [2.05, 4.69) is 4.90 Å². The van der Waals surface area contributed by atoms with Crippen LogP contribution in [0.1, 0.15) is 25.7 Å². The highest BCUT2D eigenvalue weighted by Gasteiger charge is 2.42. The third kappa shape index (κ3) is 1.76. The van der Waals surface area contributed by atoms with Crippen LogP contribution in [0.5, 0.6) is 0 Å². The standard InChI is InChI=1S/C10H17NO2/c1-13-10(5-7-12)4-6-11(8-10)9-2-3-9/h7,9H,2-6,8H2,1H3. The molecule has 1 aliphatic carbocycles. The second kappa shape index (κ2) is 3.39. The van der Waals surface area contributed by atoms with Crippen LogP contribution in [-0.4, -0.2) is 43.0 Å². The number of methoxy groups -OCH3 is 1. The van der Waals surface area contributed by atoms with E-state index in [0.717, 1.165) is 31.8 Å². The molecule has 74 valence electrons. The summed E-state index contributed by atoms with van der Waals surface area (Å²) in [5, 5.41) is 0. The first-order chi connectivity index (χ1) is 6.29. The number of hydrogen-bond donors (Lipinski definition) is 0. The van der Waals surface area contributed by atoms with Gasteiger partial charge >= 0.3 is 0 Å². The summed E-state index contributed by atoms with van der Waals surface area (Å²) in [6.07, 6.45) is 5.22. The summed E-state index contributed by atoms with van der Waals surface area (Å²) in [5.74, 6) is 0. The van der Waals surface area contributed by atoms with Crippen molar-refractivity contribution in [2.75, 3.05) is 20.2 Å². The van der Waals surface area contributed by atoms with Gasteiger partial charge in [0, 0.05) is 32.7 Å². The average Bonchev–Trinajstić information content (AvgIpc) is 2.90. The van der Waals surface area contributed by atoms with Crippen LogP contribution in [0, 0.1) is 0 Å². The second-order valence-corrected chi connectivity index (χ2v) is 4.21. The Labute approximate surface area is 79.0 Å². The summed E-state index contributed by atoms with van der Waals surface area (Å²) >= 11 is 0. The van der Waals surface area contributed by atoms with Gasteiger partial charge in [0.25, 0.3) is 0 Å². The van der Waals surface area contributed by atoms with Crippen molar-refractivity contribution in [2.45, 2.75) is 37.3 Å². The molecule has 3 nitrogen and oxygen atoms in total. The van der Waals surface area contributed by atoms with E-state index in [4.69, 9.17) is 4.74 Å². The van der Waals surface area contributed by atoms with Crippen LogP contribution < -0.4 is 0 Å². The number of ether oxygens (including phenoxy) is 1. The van der Waals surface area contributed by atoms with Crippen LogP contribution in [-0.2, 0) is 9.53 Å². The Kier molecular flexibility index (Phi) is 2.39. The zero-order valence-electron chi connectivity index (χ0n) is 8.16. The van der Waals surface area contributed by atoms with Gasteiger partial charge < -0.3 is 9.53 Å². The molecular formula is C10H17NO2. The van der Waals surface area contributed by atoms with Crippen molar-refractivity contribution in [3.63, 3.8) is 0 Å². The molecule has 0 spiro atoms. The van der Waals surface area contributed by atoms with Gasteiger partial charge in [-0.3, -0.25) is 4.90 Å². The van der Waals surface area contributed by atoms with Crippen LogP contribution in [0.15, 0.2) is 0 Å². The minimum Gasteiger partial charge on any atom is -0.376 e. The summed E-state index contributed by atoms with van der Waals surface area (Å²) in [7, 11) is 1.72. The van der Waals surface area contributed by atoms with E-state index in [1.54, 1.807) is 7.11 Å². The molecule has 0 aromatic rings. The quantitative estimate of drug-likeness (QED) is 0.605. The van der Waals surface area contributed by atoms with E-state index in [1.165, 1.54) is 12.8 Å². The Balaban J connectivity index is 1.95. The molecule has 1 unspecified atom stereocenters. The van der Waals surface area contributed by atoms with E-state index in [0.29, 0.717) is 6.42 Å². The number of likely N-dealkylation sites (tertiary alicyclic amines) is 1. The van der Waals surface area contributed by atoms with Gasteiger partial charge in [-0.15, -0.1) is 0 Å². The van der Waals surface area contributed by atoms with Crippen LogP contribution in [0.4, 0.5) is 0 Å². The zero-order valence-corrected chi connectivity index (χ0v) is 8.16. The van der Waals surface area contributed by atoms with Crippen LogP contribution in [0.3, 0.4) is 0 Å². The Morgan fingerprint density at radius 1 is 1.62 bits per heavy atom. The minimum absolute atomic E-state index is 0.162. The predicted molar refractivity (Wildman–Crippen MR) is 49.6 cm³/mol. The van der Waals surface area contributed by atoms with Gasteiger partial charge in [0.15, 0.2) is 0 Å². The predicted octanol–water partition coefficient (Wildman–Crippen LogP) is 0.829. The molecule has 0 aromatic heterocycles. The molecule has 2 fully saturated rings. The first-order valence-electron chi connectivity index (χ1n) is 5.02. The zero-order chi connectivity index (χ0) is 9.31. The monoisotopic (exact) mass is 183 g/mol. The SMILES string of the molecule is COC1(CC=O)CCN(C2CC2)C1. The second-order valence-electron chi connectivity index (χ2n) is 4.21. The molecule has 1 atom stereocenters. The number of carbonyl (C=O) groups excluding carboxylic acids is 1. The number of nitrogens with zero attached hydrogens (tertiary/aromatic N) is 1. The summed E-state index contributed by atoms with van der Waals surface area (Å²) < 4.78 is 5.47. The van der Waals surface area contributed by atoms with Gasteiger partial charge in [0.05, 0.1) is 5.60 Å². The van der Waals surface area contributed by atoms with Crippen molar-refractivity contribution in [1.29, 1.82) is 0 Å². The molecule has 1 saturated carbocycles. The first kappa shape index (κ1) is 9.16. The molecule has 0 aromatic carbocycles. The first-order valence-corrected chi connectivity index (χ1v) is 5.02. The van der Waals surface area contributed by atoms with Gasteiger partial charge in [-0.25, -0.2) is 0 Å². The van der Waals surface area contributed by atoms with Gasteiger partial charge in [-0.1, -0.05) is 0 Å². The highest BCUT2D eigenvalue weighted by molar-refractivity contribution is 5.51. The summed E-state index contributed by atoms with van der Waals surface area (Å²) in [6.45, 7) is 2.05. The molecule has 0 bridgehead atoms. The van der Waals surface area contributed by atoms with E-state index in [-0.39, 0.29) is 5.60 Å². The van der Waals surface area contributed by atoms with Crippen molar-refractivity contribution in [1.82, 2.24) is 4.90 Å². The van der Waals surface area contributed by atoms with Crippen LogP contribution in [0.25, 0.3) is 0 Å². The van der Waals surface area contributed by atoms with Gasteiger partial charge in [-0.2, -0.15) is 0 Å². The fraction of sp³-hybridized carbons (Fsp3) is 0.900. The van der Waals surface area contributed by atoms with E-state index in [9.17, 15) is 4.79 Å².